The van der Waals surface area contributed by atoms with Crippen molar-refractivity contribution in [1.82, 2.24) is 10.4 Å². The van der Waals surface area contributed by atoms with E-state index in [1.807, 2.05) is 0 Å². The number of halogens is 2. The maximum Gasteiger partial charge on any atom is 0.281 e. The largest absolute Gasteiger partial charge is 0.493 e. The van der Waals surface area contributed by atoms with E-state index in [-0.39, 0.29) is 23.2 Å². The van der Waals surface area contributed by atoms with Gasteiger partial charge >= 0.3 is 0 Å². The highest BCUT2D eigenvalue weighted by molar-refractivity contribution is 6.69. The van der Waals surface area contributed by atoms with Crippen molar-refractivity contribution in [3.05, 3.63) is 78.5 Å². The summed E-state index contributed by atoms with van der Waals surface area (Å²) in [5, 5.41) is 9.42. The van der Waals surface area contributed by atoms with Crippen LogP contribution in [-0.4, -0.2) is 42.8 Å². The van der Waals surface area contributed by atoms with E-state index < -0.39 is 29.2 Å². The summed E-state index contributed by atoms with van der Waals surface area (Å²) in [6.07, 6.45) is 1.51. The SMILES string of the molecule is COc1cc2nccc(Oc3ccc(NC(=O)/C(=N/NC(C)C)C(=O)Nc4ccc(F)cc4)cc3F)c2cc1OC. The predicted octanol–water partition coefficient (Wildman–Crippen LogP) is 5.25. The third-order valence-electron chi connectivity index (χ3n) is 5.58. The minimum absolute atomic E-state index is 0.0534. The van der Waals surface area contributed by atoms with Crippen LogP contribution in [0.2, 0.25) is 0 Å². The van der Waals surface area contributed by atoms with Crippen LogP contribution in [0.1, 0.15) is 13.8 Å². The number of carbonyl (C=O) groups is 2. The first-order valence-electron chi connectivity index (χ1n) is 12.4. The van der Waals surface area contributed by atoms with Crippen molar-refractivity contribution in [1.29, 1.82) is 0 Å². The Balaban J connectivity index is 1.54. The number of hydrogen-bond acceptors (Lipinski definition) is 8. The zero-order valence-electron chi connectivity index (χ0n) is 22.6. The number of nitrogens with zero attached hydrogens (tertiary/aromatic N) is 2. The van der Waals surface area contributed by atoms with Gasteiger partial charge < -0.3 is 30.3 Å². The van der Waals surface area contributed by atoms with Gasteiger partial charge in [0, 0.05) is 41.1 Å². The van der Waals surface area contributed by atoms with Gasteiger partial charge in [0.2, 0.25) is 5.71 Å². The lowest BCUT2D eigenvalue weighted by Gasteiger charge is -2.14. The molecule has 0 aliphatic carbocycles. The van der Waals surface area contributed by atoms with E-state index in [0.717, 1.165) is 18.2 Å². The Morgan fingerprint density at radius 1 is 0.805 bits per heavy atom. The van der Waals surface area contributed by atoms with E-state index in [9.17, 15) is 14.0 Å². The molecule has 3 N–H and O–H groups in total. The van der Waals surface area contributed by atoms with Gasteiger partial charge in [-0.25, -0.2) is 8.78 Å². The number of fused-ring (bicyclic) bond motifs is 1. The standard InChI is InChI=1S/C29H27F2N5O5/c1-16(2)35-36-27(28(37)33-18-7-5-17(30)6-8-18)29(38)34-19-9-10-24(21(31)13-19)41-23-11-12-32-22-15-26(40-4)25(39-3)14-20(22)23/h5-16,35H,1-4H3,(H,33,37)(H,34,38)/b36-27+. The third-order valence-corrected chi connectivity index (χ3v) is 5.58. The number of nitrogens with one attached hydrogen (secondary N) is 3. The van der Waals surface area contributed by atoms with Gasteiger partial charge in [-0.05, 0) is 62.4 Å². The third kappa shape index (κ3) is 7.04. The lowest BCUT2D eigenvalue weighted by atomic mass is 10.1. The van der Waals surface area contributed by atoms with Crippen LogP contribution in [-0.2, 0) is 9.59 Å². The minimum Gasteiger partial charge on any atom is -0.493 e. The van der Waals surface area contributed by atoms with Crippen molar-refractivity contribution in [2.45, 2.75) is 19.9 Å². The van der Waals surface area contributed by atoms with E-state index in [0.29, 0.717) is 28.2 Å². The van der Waals surface area contributed by atoms with Gasteiger partial charge in [0.25, 0.3) is 11.8 Å². The van der Waals surface area contributed by atoms with Crippen molar-refractivity contribution in [2.75, 3.05) is 24.9 Å². The molecule has 4 aromatic rings. The number of amides is 2. The summed E-state index contributed by atoms with van der Waals surface area (Å²) in [5.74, 6) is -1.87. The van der Waals surface area contributed by atoms with Crippen molar-refractivity contribution >= 4 is 39.8 Å². The van der Waals surface area contributed by atoms with Crippen LogP contribution in [0.25, 0.3) is 10.9 Å². The molecule has 0 atom stereocenters. The minimum atomic E-state index is -0.896. The van der Waals surface area contributed by atoms with E-state index in [1.165, 1.54) is 44.7 Å². The normalized spacial score (nSPS) is 11.2. The van der Waals surface area contributed by atoms with Gasteiger partial charge in [0.05, 0.1) is 19.7 Å². The summed E-state index contributed by atoms with van der Waals surface area (Å²) >= 11 is 0. The Morgan fingerprint density at radius 2 is 1.44 bits per heavy atom. The molecule has 12 heteroatoms. The first-order chi connectivity index (χ1) is 19.7. The maximum absolute atomic E-state index is 15.1. The second-order valence-corrected chi connectivity index (χ2v) is 8.94. The maximum atomic E-state index is 15.1. The molecule has 4 rings (SSSR count). The number of methoxy groups -OCH3 is 2. The van der Waals surface area contributed by atoms with Crippen molar-refractivity contribution < 1.29 is 32.6 Å². The predicted molar refractivity (Wildman–Crippen MR) is 151 cm³/mol. The number of ether oxygens (including phenoxy) is 3. The summed E-state index contributed by atoms with van der Waals surface area (Å²) in [7, 11) is 3.00. The number of anilines is 2. The van der Waals surface area contributed by atoms with Crippen LogP contribution in [0, 0.1) is 11.6 Å². The number of carbonyl (C=O) groups excluding carboxylic acids is 2. The highest BCUT2D eigenvalue weighted by Gasteiger charge is 2.22. The Kier molecular flexibility index (Phi) is 8.92. The molecule has 212 valence electrons. The molecule has 0 saturated heterocycles. The fourth-order valence-electron chi connectivity index (χ4n) is 3.63. The highest BCUT2D eigenvalue weighted by atomic mass is 19.1. The second kappa shape index (κ2) is 12.7. The molecule has 0 saturated carbocycles. The highest BCUT2D eigenvalue weighted by Crippen LogP contribution is 2.37. The number of pyridine rings is 1. The fourth-order valence-corrected chi connectivity index (χ4v) is 3.63. The molecule has 0 aliphatic heterocycles. The molecule has 0 fully saturated rings. The van der Waals surface area contributed by atoms with Crippen LogP contribution in [0.5, 0.6) is 23.0 Å². The molecular weight excluding hydrogens is 536 g/mol. The molecule has 0 radical (unpaired) electrons. The summed E-state index contributed by atoms with van der Waals surface area (Å²) in [5.41, 5.74) is 3.00. The molecule has 0 bridgehead atoms. The lowest BCUT2D eigenvalue weighted by molar-refractivity contribution is -0.114. The first kappa shape index (κ1) is 28.7. The smallest absolute Gasteiger partial charge is 0.281 e. The molecule has 1 aromatic heterocycles. The van der Waals surface area contributed by atoms with E-state index in [4.69, 9.17) is 14.2 Å². The van der Waals surface area contributed by atoms with Crippen LogP contribution in [0.15, 0.2) is 72.0 Å². The lowest BCUT2D eigenvalue weighted by Crippen LogP contribution is -2.36. The average molecular weight is 564 g/mol. The van der Waals surface area contributed by atoms with Crippen molar-refractivity contribution in [2.24, 2.45) is 5.10 Å². The summed E-state index contributed by atoms with van der Waals surface area (Å²) < 4.78 is 44.8. The average Bonchev–Trinajstić information content (AvgIpc) is 2.95. The van der Waals surface area contributed by atoms with Crippen LogP contribution in [0.3, 0.4) is 0 Å². The van der Waals surface area contributed by atoms with Crippen molar-refractivity contribution in [3.63, 3.8) is 0 Å². The van der Waals surface area contributed by atoms with E-state index >= 15 is 4.39 Å². The van der Waals surface area contributed by atoms with E-state index in [2.05, 4.69) is 26.1 Å². The molecule has 10 nitrogen and oxygen atoms in total. The number of benzene rings is 3. The zero-order valence-corrected chi connectivity index (χ0v) is 22.6. The Morgan fingerprint density at radius 3 is 2.07 bits per heavy atom. The van der Waals surface area contributed by atoms with Gasteiger partial charge in [-0.3, -0.25) is 14.6 Å². The number of hydrazone groups is 1. The molecule has 0 unspecified atom stereocenters. The molecule has 41 heavy (non-hydrogen) atoms. The monoisotopic (exact) mass is 563 g/mol. The van der Waals surface area contributed by atoms with Gasteiger partial charge in [0.15, 0.2) is 23.1 Å². The summed E-state index contributed by atoms with van der Waals surface area (Å²) in [6, 6.07) is 13.5. The Labute approximate surface area is 234 Å². The van der Waals surface area contributed by atoms with Crippen LogP contribution >= 0.6 is 0 Å². The van der Waals surface area contributed by atoms with Gasteiger partial charge in [-0.1, -0.05) is 0 Å². The Bertz CT molecular complexity index is 1610. The van der Waals surface area contributed by atoms with Gasteiger partial charge in [0.1, 0.15) is 11.6 Å². The second-order valence-electron chi connectivity index (χ2n) is 8.94. The molecule has 0 spiro atoms. The zero-order chi connectivity index (χ0) is 29.5. The summed E-state index contributed by atoms with van der Waals surface area (Å²) in [6.45, 7) is 3.53. The van der Waals surface area contributed by atoms with Gasteiger partial charge in [-0.2, -0.15) is 5.10 Å². The number of rotatable bonds is 10. The van der Waals surface area contributed by atoms with Crippen LogP contribution < -0.4 is 30.3 Å². The molecule has 0 aliphatic rings. The van der Waals surface area contributed by atoms with Crippen molar-refractivity contribution in [3.8, 4) is 23.0 Å². The number of hydrogen-bond donors (Lipinski definition) is 3. The first-order valence-corrected chi connectivity index (χ1v) is 12.4. The summed E-state index contributed by atoms with van der Waals surface area (Å²) in [4.78, 5) is 30.1. The molecule has 2 amide bonds. The Hall–Kier alpha value is -5.26. The van der Waals surface area contributed by atoms with Crippen LogP contribution in [0.4, 0.5) is 20.2 Å². The topological polar surface area (TPSA) is 123 Å². The number of aromatic nitrogens is 1. The quantitative estimate of drug-likeness (QED) is 0.137. The fraction of sp³-hybridized carbons (Fsp3) is 0.172. The van der Waals surface area contributed by atoms with E-state index in [1.54, 1.807) is 32.0 Å². The molecule has 3 aromatic carbocycles. The molecule has 1 heterocycles. The van der Waals surface area contributed by atoms with Gasteiger partial charge in [-0.15, -0.1) is 0 Å². The molecular formula is C29H27F2N5O5.